The Morgan fingerprint density at radius 2 is 2.32 bits per heavy atom. The number of anilines is 1. The fraction of sp³-hybridized carbons (Fsp3) is 0.600. The number of aliphatic hydroxyl groups is 1. The number of ether oxygens (including phenoxy) is 1. The minimum Gasteiger partial charge on any atom is -0.389 e. The van der Waals surface area contributed by atoms with Crippen molar-refractivity contribution >= 4 is 5.69 Å². The summed E-state index contributed by atoms with van der Waals surface area (Å²) >= 11 is 0. The van der Waals surface area contributed by atoms with Crippen molar-refractivity contribution in [2.75, 3.05) is 24.6 Å². The van der Waals surface area contributed by atoms with Gasteiger partial charge in [-0.1, -0.05) is 0 Å². The zero-order valence-corrected chi connectivity index (χ0v) is 11.6. The Morgan fingerprint density at radius 3 is 2.89 bits per heavy atom. The first-order chi connectivity index (χ1) is 9.11. The average Bonchev–Trinajstić information content (AvgIpc) is 2.89. The van der Waals surface area contributed by atoms with Crippen LogP contribution in [0.2, 0.25) is 0 Å². The van der Waals surface area contributed by atoms with E-state index in [1.807, 2.05) is 0 Å². The van der Waals surface area contributed by atoms with E-state index < -0.39 is 6.10 Å². The van der Waals surface area contributed by atoms with Gasteiger partial charge in [-0.2, -0.15) is 0 Å². The van der Waals surface area contributed by atoms with E-state index in [1.165, 1.54) is 12.1 Å². The van der Waals surface area contributed by atoms with Crippen LogP contribution in [0.4, 0.5) is 10.1 Å². The molecule has 1 aliphatic rings. The Labute approximate surface area is 114 Å². The highest BCUT2D eigenvalue weighted by Crippen LogP contribution is 2.28. The van der Waals surface area contributed by atoms with Crippen LogP contribution >= 0.6 is 0 Å². The summed E-state index contributed by atoms with van der Waals surface area (Å²) in [6.07, 6.45) is 1.74. The Balaban J connectivity index is 2.21. The molecule has 3 nitrogen and oxygen atoms in total. The van der Waals surface area contributed by atoms with Crippen LogP contribution in [0.15, 0.2) is 18.2 Å². The van der Waals surface area contributed by atoms with Crippen molar-refractivity contribution in [2.24, 2.45) is 0 Å². The molecule has 2 atom stereocenters. The molecule has 1 fully saturated rings. The Morgan fingerprint density at radius 1 is 1.53 bits per heavy atom. The van der Waals surface area contributed by atoms with Crippen molar-refractivity contribution in [3.63, 3.8) is 0 Å². The van der Waals surface area contributed by atoms with Gasteiger partial charge in [0.25, 0.3) is 0 Å². The fourth-order valence-electron chi connectivity index (χ4n) is 2.58. The molecule has 1 aliphatic heterocycles. The lowest BCUT2D eigenvalue weighted by Crippen LogP contribution is -2.32. The largest absolute Gasteiger partial charge is 0.389 e. The molecular formula is C15H22FNO2. The molecule has 19 heavy (non-hydrogen) atoms. The summed E-state index contributed by atoms with van der Waals surface area (Å²) in [7, 11) is 0. The smallest absolute Gasteiger partial charge is 0.123 e. The van der Waals surface area contributed by atoms with Gasteiger partial charge in [0, 0.05) is 30.9 Å². The fourth-order valence-corrected chi connectivity index (χ4v) is 2.58. The van der Waals surface area contributed by atoms with Gasteiger partial charge >= 0.3 is 0 Å². The molecule has 4 heteroatoms. The second-order valence-corrected chi connectivity index (χ2v) is 5.05. The third-order valence-electron chi connectivity index (χ3n) is 3.61. The van der Waals surface area contributed by atoms with Crippen molar-refractivity contribution in [2.45, 2.75) is 38.9 Å². The van der Waals surface area contributed by atoms with Crippen LogP contribution < -0.4 is 4.90 Å². The molecule has 1 aromatic rings. The molecule has 0 aliphatic carbocycles. The van der Waals surface area contributed by atoms with Gasteiger partial charge in [0.2, 0.25) is 0 Å². The maximum atomic E-state index is 13.3. The van der Waals surface area contributed by atoms with Crippen LogP contribution in [-0.4, -0.2) is 30.9 Å². The first kappa shape index (κ1) is 14.3. The molecular weight excluding hydrogens is 245 g/mol. The summed E-state index contributed by atoms with van der Waals surface area (Å²) in [5.41, 5.74) is 1.54. The van der Waals surface area contributed by atoms with Gasteiger partial charge in [-0.3, -0.25) is 0 Å². The molecule has 1 aromatic carbocycles. The molecule has 0 amide bonds. The molecule has 2 rings (SSSR count). The third kappa shape index (κ3) is 3.45. The summed E-state index contributed by atoms with van der Waals surface area (Å²) in [5, 5.41) is 9.81. The molecule has 2 unspecified atom stereocenters. The normalized spacial score (nSPS) is 20.5. The van der Waals surface area contributed by atoms with Gasteiger partial charge in [0.05, 0.1) is 12.2 Å². The van der Waals surface area contributed by atoms with Gasteiger partial charge < -0.3 is 14.7 Å². The predicted molar refractivity (Wildman–Crippen MR) is 73.9 cm³/mol. The maximum Gasteiger partial charge on any atom is 0.123 e. The minimum absolute atomic E-state index is 0.242. The maximum absolute atomic E-state index is 13.3. The molecule has 0 aromatic heterocycles. The van der Waals surface area contributed by atoms with E-state index in [0.717, 1.165) is 38.2 Å². The summed E-state index contributed by atoms with van der Waals surface area (Å²) < 4.78 is 19.0. The molecule has 1 saturated heterocycles. The number of rotatable bonds is 5. The first-order valence-electron chi connectivity index (χ1n) is 6.96. The zero-order chi connectivity index (χ0) is 13.8. The lowest BCUT2D eigenvalue weighted by molar-refractivity contribution is 0.115. The molecule has 1 heterocycles. The number of aliphatic hydroxyl groups excluding tert-OH is 1. The number of likely N-dealkylation sites (N-methyl/N-ethyl adjacent to an activating group) is 1. The van der Waals surface area contributed by atoms with E-state index in [9.17, 15) is 9.50 Å². The Kier molecular flexibility index (Phi) is 4.77. The summed E-state index contributed by atoms with van der Waals surface area (Å²) in [4.78, 5) is 2.15. The number of benzene rings is 1. The summed E-state index contributed by atoms with van der Waals surface area (Å²) in [6, 6.07) is 4.60. The van der Waals surface area contributed by atoms with Gasteiger partial charge in [-0.25, -0.2) is 4.39 Å². The van der Waals surface area contributed by atoms with E-state index in [-0.39, 0.29) is 11.9 Å². The highest BCUT2D eigenvalue weighted by atomic mass is 19.1. The molecule has 1 N–H and O–H groups in total. The first-order valence-corrected chi connectivity index (χ1v) is 6.96. The van der Waals surface area contributed by atoms with Crippen molar-refractivity contribution in [3.8, 4) is 0 Å². The molecule has 0 radical (unpaired) electrons. The average molecular weight is 267 g/mol. The van der Waals surface area contributed by atoms with Crippen LogP contribution in [0.5, 0.6) is 0 Å². The van der Waals surface area contributed by atoms with E-state index in [2.05, 4.69) is 11.8 Å². The van der Waals surface area contributed by atoms with Gasteiger partial charge in [-0.15, -0.1) is 0 Å². The monoisotopic (exact) mass is 267 g/mol. The van der Waals surface area contributed by atoms with Crippen LogP contribution in [0, 0.1) is 5.82 Å². The number of hydrogen-bond donors (Lipinski definition) is 1. The predicted octanol–water partition coefficient (Wildman–Crippen LogP) is 2.88. The second-order valence-electron chi connectivity index (χ2n) is 5.05. The van der Waals surface area contributed by atoms with Gasteiger partial charge in [-0.05, 0) is 44.9 Å². The van der Waals surface area contributed by atoms with E-state index >= 15 is 0 Å². The van der Waals surface area contributed by atoms with Gasteiger partial charge in [0.1, 0.15) is 5.82 Å². The quantitative estimate of drug-likeness (QED) is 0.890. The van der Waals surface area contributed by atoms with E-state index in [1.54, 1.807) is 13.0 Å². The summed E-state index contributed by atoms with van der Waals surface area (Å²) in [6.45, 7) is 6.16. The van der Waals surface area contributed by atoms with Crippen LogP contribution in [-0.2, 0) is 4.74 Å². The number of nitrogens with zero attached hydrogens (tertiary/aromatic N) is 1. The molecule has 106 valence electrons. The second kappa shape index (κ2) is 6.35. The van der Waals surface area contributed by atoms with Gasteiger partial charge in [0.15, 0.2) is 0 Å². The van der Waals surface area contributed by atoms with Crippen molar-refractivity contribution in [1.82, 2.24) is 0 Å². The topological polar surface area (TPSA) is 32.7 Å². The highest BCUT2D eigenvalue weighted by molar-refractivity contribution is 5.54. The SMILES string of the molecule is CCN(CC1CCCO1)c1ccc(F)cc1C(C)O. The van der Waals surface area contributed by atoms with Crippen molar-refractivity contribution in [3.05, 3.63) is 29.6 Å². The number of halogens is 1. The molecule has 0 spiro atoms. The third-order valence-corrected chi connectivity index (χ3v) is 3.61. The summed E-state index contributed by atoms with van der Waals surface area (Å²) in [5.74, 6) is -0.312. The standard InChI is InChI=1S/C15H22FNO2/c1-3-17(10-13-5-4-8-19-13)15-7-6-12(16)9-14(15)11(2)18/h6-7,9,11,13,18H,3-5,8,10H2,1-2H3. The van der Waals surface area contributed by atoms with E-state index in [0.29, 0.717) is 5.56 Å². The van der Waals surface area contributed by atoms with Crippen molar-refractivity contribution < 1.29 is 14.2 Å². The lowest BCUT2D eigenvalue weighted by Gasteiger charge is -2.29. The molecule has 0 saturated carbocycles. The van der Waals surface area contributed by atoms with Crippen LogP contribution in [0.25, 0.3) is 0 Å². The highest BCUT2D eigenvalue weighted by Gasteiger charge is 2.21. The van der Waals surface area contributed by atoms with Crippen molar-refractivity contribution in [1.29, 1.82) is 0 Å². The Hall–Kier alpha value is -1.13. The number of hydrogen-bond acceptors (Lipinski definition) is 3. The van der Waals surface area contributed by atoms with E-state index in [4.69, 9.17) is 4.74 Å². The van der Waals surface area contributed by atoms with Crippen LogP contribution in [0.1, 0.15) is 38.4 Å². The lowest BCUT2D eigenvalue weighted by atomic mass is 10.1. The van der Waals surface area contributed by atoms with Crippen LogP contribution in [0.3, 0.4) is 0 Å². The zero-order valence-electron chi connectivity index (χ0n) is 11.6. The minimum atomic E-state index is -0.677. The molecule has 0 bridgehead atoms. The Bertz CT molecular complexity index is 417.